The van der Waals surface area contributed by atoms with Gasteiger partial charge in [-0.3, -0.25) is 0 Å². The number of halogens is 1. The van der Waals surface area contributed by atoms with E-state index in [1.54, 1.807) is 12.1 Å². The van der Waals surface area contributed by atoms with E-state index in [0.717, 1.165) is 18.2 Å². The van der Waals surface area contributed by atoms with Crippen LogP contribution in [0.3, 0.4) is 0 Å². The van der Waals surface area contributed by atoms with Crippen LogP contribution in [-0.2, 0) is 14.4 Å². The van der Waals surface area contributed by atoms with Gasteiger partial charge >= 0.3 is 8.80 Å². The Morgan fingerprint density at radius 2 is 1.50 bits per heavy atom. The highest BCUT2D eigenvalue weighted by atomic mass is 35.5. The second-order valence-corrected chi connectivity index (χ2v) is 5.15. The third kappa shape index (κ3) is 3.33. The van der Waals surface area contributed by atoms with Crippen LogP contribution in [0.15, 0.2) is 38.2 Å². The third-order valence-corrected chi connectivity index (χ3v) is 3.61. The van der Waals surface area contributed by atoms with Crippen LogP contribution in [0.4, 0.5) is 0 Å². The molecular weight excluding hydrogens is 278 g/mol. The Kier molecular flexibility index (Phi) is 4.89. The largest absolute Gasteiger partial charge is 0.699 e. The van der Waals surface area contributed by atoms with Crippen molar-refractivity contribution in [1.29, 1.82) is 0 Å². The molecule has 0 aromatic heterocycles. The lowest BCUT2D eigenvalue weighted by atomic mass is 10.3. The molecule has 0 radical (unpaired) electrons. The Hall–Kier alpha value is -2.33. The molecule has 0 unspecified atom stereocenters. The number of hydrogen-bond acceptors (Lipinski definition) is 7. The Balaban J connectivity index is 3.28. The van der Waals surface area contributed by atoms with E-state index < -0.39 is 8.80 Å². The van der Waals surface area contributed by atoms with E-state index in [0.29, 0.717) is 0 Å². The van der Waals surface area contributed by atoms with Gasteiger partial charge in [0.15, 0.2) is 0 Å². The number of hydrogen-bond donors (Lipinski definition) is 0. The predicted molar refractivity (Wildman–Crippen MR) is 62.2 cm³/mol. The first-order chi connectivity index (χ1) is 8.67. The van der Waals surface area contributed by atoms with E-state index in [-0.39, 0.29) is 10.8 Å². The molecule has 0 aliphatic heterocycles. The van der Waals surface area contributed by atoms with Crippen LogP contribution >= 0.6 is 11.6 Å². The minimum absolute atomic E-state index is 0.0721. The molecule has 0 fully saturated rings. The smallest absolute Gasteiger partial charge is 0.489 e. The van der Waals surface area contributed by atoms with Crippen molar-refractivity contribution in [3.8, 4) is 5.75 Å². The van der Waals surface area contributed by atoms with Crippen LogP contribution < -0.4 is 4.43 Å². The van der Waals surface area contributed by atoms with E-state index in [1.165, 1.54) is 12.1 Å². The topological polar surface area (TPSA) is 97.5 Å². The number of benzene rings is 1. The van der Waals surface area contributed by atoms with Gasteiger partial charge in [0.25, 0.3) is 0 Å². The van der Waals surface area contributed by atoms with Crippen LogP contribution in [0.25, 0.3) is 0 Å². The molecule has 0 bridgehead atoms. The van der Waals surface area contributed by atoms with E-state index in [4.69, 9.17) is 16.0 Å². The van der Waals surface area contributed by atoms with Crippen molar-refractivity contribution < 1.29 is 18.8 Å². The molecule has 18 heavy (non-hydrogen) atoms. The third-order valence-electron chi connectivity index (χ3n) is 1.66. The lowest BCUT2D eigenvalue weighted by molar-refractivity contribution is 0.525. The van der Waals surface area contributed by atoms with Gasteiger partial charge in [-0.25, -0.2) is 14.4 Å². The fourth-order valence-electron chi connectivity index (χ4n) is 0.997. The average Bonchev–Trinajstić information content (AvgIpc) is 2.33. The summed E-state index contributed by atoms with van der Waals surface area (Å²) in [6.45, 7) is 0. The first-order valence-electron chi connectivity index (χ1n) is 4.38. The summed E-state index contributed by atoms with van der Waals surface area (Å²) < 4.78 is 14.7. The highest BCUT2D eigenvalue weighted by Gasteiger charge is 2.43. The van der Waals surface area contributed by atoms with Crippen molar-refractivity contribution in [3.05, 3.63) is 29.3 Å². The highest BCUT2D eigenvalue weighted by Crippen LogP contribution is 2.26. The molecule has 0 N–H and O–H groups in total. The molecule has 0 spiro atoms. The molecule has 0 saturated carbocycles. The Morgan fingerprint density at radius 3 is 1.94 bits per heavy atom. The Bertz CT molecular complexity index is 544. The number of isocyanates is 3. The molecule has 9 heteroatoms. The lowest BCUT2D eigenvalue weighted by Crippen LogP contribution is -2.36. The Labute approximate surface area is 107 Å². The molecule has 0 saturated heterocycles. The van der Waals surface area contributed by atoms with E-state index in [2.05, 4.69) is 14.0 Å². The SMILES string of the molecule is O=C=N[Si](N=C=O)(N=C=O)Oc1ccccc1Cl. The van der Waals surface area contributed by atoms with Crippen molar-refractivity contribution in [1.82, 2.24) is 0 Å². The number of rotatable bonds is 5. The summed E-state index contributed by atoms with van der Waals surface area (Å²) >= 11 is 5.81. The van der Waals surface area contributed by atoms with Crippen LogP contribution in [0.5, 0.6) is 5.75 Å². The maximum Gasteiger partial charge on any atom is 0.699 e. The standard InChI is InChI=1S/C9H4ClN3O4Si/c10-8-3-1-2-4-9(8)17-18(11-5-14,12-6-15)13-7-16/h1-4H. The maximum absolute atomic E-state index is 10.3. The Morgan fingerprint density at radius 1 is 1.00 bits per heavy atom. The zero-order valence-electron chi connectivity index (χ0n) is 8.66. The molecule has 1 aromatic carbocycles. The number of para-hydroxylation sites is 1. The van der Waals surface area contributed by atoms with Gasteiger partial charge in [-0.15, -0.1) is 0 Å². The van der Waals surface area contributed by atoms with E-state index >= 15 is 0 Å². The molecule has 0 aliphatic carbocycles. The molecule has 0 aliphatic rings. The van der Waals surface area contributed by atoms with E-state index in [1.807, 2.05) is 0 Å². The van der Waals surface area contributed by atoms with Crippen LogP contribution in [0, 0.1) is 0 Å². The van der Waals surface area contributed by atoms with Crippen LogP contribution in [0.2, 0.25) is 5.02 Å². The van der Waals surface area contributed by atoms with Gasteiger partial charge in [0.1, 0.15) is 5.75 Å². The fraction of sp³-hybridized carbons (Fsp3) is 0. The molecule has 0 heterocycles. The van der Waals surface area contributed by atoms with Crippen molar-refractivity contribution in [2.24, 2.45) is 14.0 Å². The minimum atomic E-state index is -4.05. The lowest BCUT2D eigenvalue weighted by Gasteiger charge is -2.13. The van der Waals surface area contributed by atoms with Gasteiger partial charge in [-0.1, -0.05) is 23.7 Å². The van der Waals surface area contributed by atoms with Crippen molar-refractivity contribution in [2.75, 3.05) is 0 Å². The zero-order valence-corrected chi connectivity index (χ0v) is 10.4. The number of carbonyl (C=O) groups excluding carboxylic acids is 3. The summed E-state index contributed by atoms with van der Waals surface area (Å²) in [7, 11) is -4.05. The molecule has 0 amide bonds. The van der Waals surface area contributed by atoms with Gasteiger partial charge in [-0.05, 0) is 12.1 Å². The van der Waals surface area contributed by atoms with Gasteiger partial charge < -0.3 is 4.43 Å². The fourth-order valence-corrected chi connectivity index (χ4v) is 2.35. The average molecular weight is 282 g/mol. The molecule has 1 rings (SSSR count). The first-order valence-corrected chi connectivity index (χ1v) is 6.51. The van der Waals surface area contributed by atoms with Gasteiger partial charge in [0.05, 0.1) is 5.02 Å². The van der Waals surface area contributed by atoms with Crippen molar-refractivity contribution in [3.63, 3.8) is 0 Å². The molecule has 0 atom stereocenters. The zero-order chi connectivity index (χ0) is 13.4. The second kappa shape index (κ2) is 6.41. The quantitative estimate of drug-likeness (QED) is 0.459. The minimum Gasteiger partial charge on any atom is -0.489 e. The van der Waals surface area contributed by atoms with Crippen LogP contribution in [0.1, 0.15) is 0 Å². The summed E-state index contributed by atoms with van der Waals surface area (Å²) in [5, 5.41) is 0.178. The summed E-state index contributed by atoms with van der Waals surface area (Å²) in [6, 6.07) is 6.15. The molecule has 1 aromatic rings. The number of nitrogens with zero attached hydrogens (tertiary/aromatic N) is 3. The normalized spacial score (nSPS) is 12.1. The summed E-state index contributed by atoms with van der Waals surface area (Å²) in [4.78, 5) is 30.9. The van der Waals surface area contributed by atoms with Crippen molar-refractivity contribution in [2.45, 2.75) is 0 Å². The first kappa shape index (κ1) is 13.7. The highest BCUT2D eigenvalue weighted by molar-refractivity contribution is 6.71. The van der Waals surface area contributed by atoms with Crippen LogP contribution in [-0.4, -0.2) is 27.0 Å². The molecule has 7 nitrogen and oxygen atoms in total. The van der Waals surface area contributed by atoms with E-state index in [9.17, 15) is 14.4 Å². The van der Waals surface area contributed by atoms with Gasteiger partial charge in [0.2, 0.25) is 18.2 Å². The van der Waals surface area contributed by atoms with Crippen molar-refractivity contribution >= 4 is 38.6 Å². The van der Waals surface area contributed by atoms with Gasteiger partial charge in [0, 0.05) is 0 Å². The molecule has 90 valence electrons. The van der Waals surface area contributed by atoms with Gasteiger partial charge in [-0.2, -0.15) is 14.0 Å². The summed E-state index contributed by atoms with van der Waals surface area (Å²) in [6.07, 6.45) is 3.42. The maximum atomic E-state index is 10.3. The summed E-state index contributed by atoms with van der Waals surface area (Å²) in [5.74, 6) is 0.0721. The second-order valence-electron chi connectivity index (χ2n) is 2.72. The summed E-state index contributed by atoms with van der Waals surface area (Å²) in [5.41, 5.74) is 0. The molecular formula is C9H4ClN3O4Si. The monoisotopic (exact) mass is 281 g/mol. The predicted octanol–water partition coefficient (Wildman–Crippen LogP) is 1.16.